The van der Waals surface area contributed by atoms with Crippen molar-refractivity contribution in [1.82, 2.24) is 0 Å². The zero-order valence-electron chi connectivity index (χ0n) is 22.5. The monoisotopic (exact) mass is 488 g/mol. The summed E-state index contributed by atoms with van der Waals surface area (Å²) in [6, 6.07) is 9.01. The van der Waals surface area contributed by atoms with Crippen molar-refractivity contribution in [2.75, 3.05) is 19.8 Å². The molecule has 1 unspecified atom stereocenters. The number of hydrogen-bond acceptors (Lipinski definition) is 5. The topological polar surface area (TPSA) is 72.8 Å². The average molecular weight is 489 g/mol. The fourth-order valence-electron chi connectivity index (χ4n) is 4.78. The zero-order chi connectivity index (χ0) is 25.7. The standard InChI is InChI=1S/C30H48O5/c1-5-7-8-9-23-12-16-26(17-13-23)27-18-14-24(15-19-27)10-11-25(20-34-28(32)6-2)21-35-29(33)30(3,4)22-31/h14-15,18-19,23,25-26,31H,5-13,16-17,20-22H2,1-4H3. The third-order valence-electron chi connectivity index (χ3n) is 7.52. The van der Waals surface area contributed by atoms with Crippen molar-refractivity contribution in [3.05, 3.63) is 35.4 Å². The second-order valence-electron chi connectivity index (χ2n) is 11.0. The summed E-state index contributed by atoms with van der Waals surface area (Å²) in [5, 5.41) is 9.39. The molecule has 0 amide bonds. The van der Waals surface area contributed by atoms with Crippen LogP contribution in [-0.4, -0.2) is 36.9 Å². The van der Waals surface area contributed by atoms with Crippen LogP contribution in [0.25, 0.3) is 0 Å². The van der Waals surface area contributed by atoms with Crippen LogP contribution in [0, 0.1) is 17.3 Å². The van der Waals surface area contributed by atoms with Crippen molar-refractivity contribution in [3.8, 4) is 0 Å². The molecule has 0 spiro atoms. The molecule has 1 aliphatic carbocycles. The molecule has 1 aromatic rings. The van der Waals surface area contributed by atoms with E-state index in [2.05, 4.69) is 31.2 Å². The molecular weight excluding hydrogens is 440 g/mol. The van der Waals surface area contributed by atoms with Crippen LogP contribution in [0.15, 0.2) is 24.3 Å². The summed E-state index contributed by atoms with van der Waals surface area (Å²) in [5.74, 6) is 0.846. The lowest BCUT2D eigenvalue weighted by atomic mass is 9.77. The molecule has 5 nitrogen and oxygen atoms in total. The van der Waals surface area contributed by atoms with E-state index >= 15 is 0 Å². The predicted octanol–water partition coefficient (Wildman–Crippen LogP) is 6.60. The van der Waals surface area contributed by atoms with Gasteiger partial charge in [-0.05, 0) is 75.3 Å². The molecule has 1 atom stereocenters. The Balaban J connectivity index is 1.85. The van der Waals surface area contributed by atoms with E-state index in [9.17, 15) is 14.7 Å². The van der Waals surface area contributed by atoms with E-state index in [4.69, 9.17) is 9.47 Å². The van der Waals surface area contributed by atoms with Gasteiger partial charge in [0.05, 0.1) is 25.2 Å². The van der Waals surface area contributed by atoms with E-state index < -0.39 is 11.4 Å². The van der Waals surface area contributed by atoms with Gasteiger partial charge in [0.25, 0.3) is 0 Å². The maximum absolute atomic E-state index is 12.3. The normalized spacial score (nSPS) is 19.2. The summed E-state index contributed by atoms with van der Waals surface area (Å²) in [7, 11) is 0. The van der Waals surface area contributed by atoms with Gasteiger partial charge in [0, 0.05) is 12.3 Å². The maximum Gasteiger partial charge on any atom is 0.313 e. The van der Waals surface area contributed by atoms with Crippen LogP contribution in [0.1, 0.15) is 109 Å². The first kappa shape index (κ1) is 29.4. The first-order valence-electron chi connectivity index (χ1n) is 13.8. The number of ether oxygens (including phenoxy) is 2. The van der Waals surface area contributed by atoms with E-state index in [1.165, 1.54) is 62.5 Å². The Morgan fingerprint density at radius 3 is 2.26 bits per heavy atom. The molecule has 0 saturated heterocycles. The van der Waals surface area contributed by atoms with Gasteiger partial charge < -0.3 is 14.6 Å². The fourth-order valence-corrected chi connectivity index (χ4v) is 4.78. The lowest BCUT2D eigenvalue weighted by Gasteiger charge is -2.29. The van der Waals surface area contributed by atoms with Gasteiger partial charge >= 0.3 is 11.9 Å². The van der Waals surface area contributed by atoms with E-state index in [-0.39, 0.29) is 31.7 Å². The lowest BCUT2D eigenvalue weighted by molar-refractivity contribution is -0.158. The van der Waals surface area contributed by atoms with Gasteiger partial charge in [0.2, 0.25) is 0 Å². The van der Waals surface area contributed by atoms with Crippen LogP contribution < -0.4 is 0 Å². The number of esters is 2. The minimum Gasteiger partial charge on any atom is -0.465 e. The molecule has 0 aliphatic heterocycles. The Bertz CT molecular complexity index is 747. The summed E-state index contributed by atoms with van der Waals surface area (Å²) in [4.78, 5) is 23.9. The summed E-state index contributed by atoms with van der Waals surface area (Å²) in [6.07, 6.45) is 12.7. The van der Waals surface area contributed by atoms with Crippen LogP contribution in [0.5, 0.6) is 0 Å². The average Bonchev–Trinajstić information content (AvgIpc) is 2.88. The van der Waals surface area contributed by atoms with Crippen LogP contribution in [-0.2, 0) is 25.5 Å². The molecule has 0 aromatic heterocycles. The Hall–Kier alpha value is -1.88. The lowest BCUT2D eigenvalue weighted by Crippen LogP contribution is -2.32. The van der Waals surface area contributed by atoms with Gasteiger partial charge in [-0.3, -0.25) is 9.59 Å². The highest BCUT2D eigenvalue weighted by Crippen LogP contribution is 2.37. The molecule has 1 saturated carbocycles. The van der Waals surface area contributed by atoms with Crippen molar-refractivity contribution in [2.45, 2.75) is 104 Å². The summed E-state index contributed by atoms with van der Waals surface area (Å²) < 4.78 is 10.8. The molecule has 5 heteroatoms. The Morgan fingerprint density at radius 2 is 1.66 bits per heavy atom. The van der Waals surface area contributed by atoms with Crippen LogP contribution in [0.2, 0.25) is 0 Å². The molecule has 0 heterocycles. The Labute approximate surface area is 213 Å². The SMILES string of the molecule is CCCCCC1CCC(c2ccc(CCC(COC(=O)CC)COC(=O)C(C)(C)CO)cc2)CC1. The number of carbonyl (C=O) groups excluding carboxylic acids is 2. The van der Waals surface area contributed by atoms with Crippen LogP contribution in [0.4, 0.5) is 0 Å². The van der Waals surface area contributed by atoms with Crippen LogP contribution in [0.3, 0.4) is 0 Å². The number of aryl methyl sites for hydroxylation is 1. The Morgan fingerprint density at radius 1 is 1.00 bits per heavy atom. The minimum atomic E-state index is -0.935. The van der Waals surface area contributed by atoms with Gasteiger partial charge in [-0.2, -0.15) is 0 Å². The van der Waals surface area contributed by atoms with Crippen molar-refractivity contribution in [1.29, 1.82) is 0 Å². The smallest absolute Gasteiger partial charge is 0.313 e. The second kappa shape index (κ2) is 15.3. The van der Waals surface area contributed by atoms with Gasteiger partial charge in [-0.15, -0.1) is 0 Å². The maximum atomic E-state index is 12.3. The van der Waals surface area contributed by atoms with Gasteiger partial charge in [0.1, 0.15) is 0 Å². The van der Waals surface area contributed by atoms with Crippen molar-refractivity contribution in [3.63, 3.8) is 0 Å². The number of hydrogen-bond donors (Lipinski definition) is 1. The van der Waals surface area contributed by atoms with E-state index in [0.717, 1.165) is 18.8 Å². The highest BCUT2D eigenvalue weighted by atomic mass is 16.5. The molecule has 1 aliphatic rings. The first-order chi connectivity index (χ1) is 16.8. The second-order valence-corrected chi connectivity index (χ2v) is 11.0. The number of carbonyl (C=O) groups is 2. The number of aliphatic hydroxyl groups excluding tert-OH is 1. The highest BCUT2D eigenvalue weighted by Gasteiger charge is 2.29. The first-order valence-corrected chi connectivity index (χ1v) is 13.8. The molecule has 0 radical (unpaired) electrons. The summed E-state index contributed by atoms with van der Waals surface area (Å²) >= 11 is 0. The van der Waals surface area contributed by atoms with E-state index in [0.29, 0.717) is 12.3 Å². The van der Waals surface area contributed by atoms with E-state index in [1.807, 2.05) is 0 Å². The number of aliphatic hydroxyl groups is 1. The minimum absolute atomic E-state index is 0.0772. The third kappa shape index (κ3) is 10.3. The predicted molar refractivity (Wildman–Crippen MR) is 140 cm³/mol. The molecule has 1 aromatic carbocycles. The number of unbranched alkanes of at least 4 members (excludes halogenated alkanes) is 2. The molecular formula is C30H48O5. The van der Waals surface area contributed by atoms with Crippen LogP contribution >= 0.6 is 0 Å². The molecule has 1 N–H and O–H groups in total. The van der Waals surface area contributed by atoms with Crippen molar-refractivity contribution in [2.24, 2.45) is 17.3 Å². The molecule has 198 valence electrons. The fraction of sp³-hybridized carbons (Fsp3) is 0.733. The van der Waals surface area contributed by atoms with Crippen molar-refractivity contribution < 1.29 is 24.2 Å². The quantitative estimate of drug-likeness (QED) is 0.222. The van der Waals surface area contributed by atoms with E-state index in [1.54, 1.807) is 20.8 Å². The number of rotatable bonds is 15. The van der Waals surface area contributed by atoms with Crippen molar-refractivity contribution >= 4 is 11.9 Å². The molecule has 2 rings (SSSR count). The molecule has 0 bridgehead atoms. The summed E-state index contributed by atoms with van der Waals surface area (Å²) in [5.41, 5.74) is 1.76. The molecule has 35 heavy (non-hydrogen) atoms. The Kier molecular flexibility index (Phi) is 12.8. The number of benzene rings is 1. The molecule has 1 fully saturated rings. The van der Waals surface area contributed by atoms with Gasteiger partial charge in [0.15, 0.2) is 0 Å². The van der Waals surface area contributed by atoms with Gasteiger partial charge in [-0.1, -0.05) is 63.8 Å². The largest absolute Gasteiger partial charge is 0.465 e. The van der Waals surface area contributed by atoms with Gasteiger partial charge in [-0.25, -0.2) is 0 Å². The third-order valence-corrected chi connectivity index (χ3v) is 7.52. The summed E-state index contributed by atoms with van der Waals surface area (Å²) in [6.45, 7) is 7.49. The zero-order valence-corrected chi connectivity index (χ0v) is 22.5. The highest BCUT2D eigenvalue weighted by molar-refractivity contribution is 5.76.